The highest BCUT2D eigenvalue weighted by molar-refractivity contribution is 5.92. The summed E-state index contributed by atoms with van der Waals surface area (Å²) in [6, 6.07) is 9.27. The smallest absolute Gasteiger partial charge is 0.270 e. The molecule has 0 aliphatic rings. The van der Waals surface area contributed by atoms with Crippen molar-refractivity contribution in [1.82, 2.24) is 15.3 Å². The SMILES string of the molecule is Cc1cccc(C(=O)NC(CC(C)(C)C)c2cccnc2)n1. The van der Waals surface area contributed by atoms with E-state index in [0.29, 0.717) is 5.69 Å². The number of carbonyl (C=O) groups is 1. The highest BCUT2D eigenvalue weighted by Crippen LogP contribution is 2.29. The minimum atomic E-state index is -0.151. The molecule has 2 rings (SSSR count). The zero-order chi connectivity index (χ0) is 16.2. The van der Waals surface area contributed by atoms with Crippen molar-refractivity contribution in [3.63, 3.8) is 0 Å². The molecule has 0 saturated carbocycles. The van der Waals surface area contributed by atoms with E-state index < -0.39 is 0 Å². The van der Waals surface area contributed by atoms with Gasteiger partial charge < -0.3 is 5.32 Å². The van der Waals surface area contributed by atoms with Gasteiger partial charge in [-0.2, -0.15) is 0 Å². The minimum Gasteiger partial charge on any atom is -0.344 e. The first-order valence-electron chi connectivity index (χ1n) is 7.49. The third-order valence-corrected chi connectivity index (χ3v) is 3.33. The summed E-state index contributed by atoms with van der Waals surface area (Å²) in [4.78, 5) is 20.9. The molecule has 0 saturated heterocycles. The molecule has 0 radical (unpaired) electrons. The summed E-state index contributed by atoms with van der Waals surface area (Å²) in [6.07, 6.45) is 4.37. The van der Waals surface area contributed by atoms with Gasteiger partial charge in [-0.05, 0) is 42.5 Å². The third kappa shape index (κ3) is 4.65. The molecule has 1 atom stereocenters. The van der Waals surface area contributed by atoms with Gasteiger partial charge in [0.1, 0.15) is 5.69 Å². The Hall–Kier alpha value is -2.23. The highest BCUT2D eigenvalue weighted by Gasteiger charge is 2.23. The molecule has 4 nitrogen and oxygen atoms in total. The first kappa shape index (κ1) is 16.1. The van der Waals surface area contributed by atoms with E-state index in [2.05, 4.69) is 36.1 Å². The van der Waals surface area contributed by atoms with E-state index in [4.69, 9.17) is 0 Å². The van der Waals surface area contributed by atoms with Gasteiger partial charge in [-0.25, -0.2) is 4.98 Å². The van der Waals surface area contributed by atoms with Crippen molar-refractivity contribution < 1.29 is 4.79 Å². The third-order valence-electron chi connectivity index (χ3n) is 3.33. The Bertz CT molecular complexity index is 632. The largest absolute Gasteiger partial charge is 0.344 e. The molecule has 0 spiro atoms. The van der Waals surface area contributed by atoms with Crippen molar-refractivity contribution in [2.24, 2.45) is 5.41 Å². The van der Waals surface area contributed by atoms with Gasteiger partial charge in [0.25, 0.3) is 5.91 Å². The Morgan fingerprint density at radius 2 is 2.00 bits per heavy atom. The lowest BCUT2D eigenvalue weighted by Gasteiger charge is -2.27. The van der Waals surface area contributed by atoms with Gasteiger partial charge in [0.15, 0.2) is 0 Å². The fourth-order valence-electron chi connectivity index (χ4n) is 2.35. The average Bonchev–Trinajstić information content (AvgIpc) is 2.46. The highest BCUT2D eigenvalue weighted by atomic mass is 16.1. The van der Waals surface area contributed by atoms with E-state index in [9.17, 15) is 4.79 Å². The van der Waals surface area contributed by atoms with Crippen LogP contribution < -0.4 is 5.32 Å². The Labute approximate surface area is 132 Å². The van der Waals surface area contributed by atoms with E-state index in [1.54, 1.807) is 18.5 Å². The quantitative estimate of drug-likeness (QED) is 0.936. The van der Waals surface area contributed by atoms with E-state index in [1.165, 1.54) is 0 Å². The Morgan fingerprint density at radius 1 is 1.23 bits per heavy atom. The molecule has 0 aromatic carbocycles. The molecule has 1 unspecified atom stereocenters. The molecule has 0 bridgehead atoms. The number of carbonyl (C=O) groups excluding carboxylic acids is 1. The van der Waals surface area contributed by atoms with Crippen LogP contribution >= 0.6 is 0 Å². The summed E-state index contributed by atoms with van der Waals surface area (Å²) >= 11 is 0. The van der Waals surface area contributed by atoms with E-state index in [0.717, 1.165) is 17.7 Å². The predicted molar refractivity (Wildman–Crippen MR) is 87.5 cm³/mol. The summed E-state index contributed by atoms with van der Waals surface area (Å²) in [7, 11) is 0. The summed E-state index contributed by atoms with van der Waals surface area (Å²) in [5.41, 5.74) is 2.39. The van der Waals surface area contributed by atoms with Crippen LogP contribution in [0.1, 0.15) is 55.0 Å². The molecule has 1 amide bonds. The van der Waals surface area contributed by atoms with Crippen LogP contribution in [0.3, 0.4) is 0 Å². The van der Waals surface area contributed by atoms with E-state index in [1.807, 2.05) is 31.2 Å². The van der Waals surface area contributed by atoms with Crippen LogP contribution in [-0.4, -0.2) is 15.9 Å². The number of hydrogen-bond acceptors (Lipinski definition) is 3. The number of rotatable bonds is 4. The van der Waals surface area contributed by atoms with Crippen LogP contribution in [0.25, 0.3) is 0 Å². The van der Waals surface area contributed by atoms with Crippen molar-refractivity contribution in [1.29, 1.82) is 0 Å². The molecule has 4 heteroatoms. The van der Waals surface area contributed by atoms with Crippen LogP contribution in [0.15, 0.2) is 42.7 Å². The molecule has 2 heterocycles. The van der Waals surface area contributed by atoms with Crippen molar-refractivity contribution in [3.8, 4) is 0 Å². The van der Waals surface area contributed by atoms with E-state index >= 15 is 0 Å². The Morgan fingerprint density at radius 3 is 2.59 bits per heavy atom. The second-order valence-electron chi connectivity index (χ2n) is 6.74. The zero-order valence-electron chi connectivity index (χ0n) is 13.6. The summed E-state index contributed by atoms with van der Waals surface area (Å²) < 4.78 is 0. The van der Waals surface area contributed by atoms with Gasteiger partial charge in [-0.1, -0.05) is 32.9 Å². The summed E-state index contributed by atoms with van der Waals surface area (Å²) in [5, 5.41) is 3.09. The lowest BCUT2D eigenvalue weighted by molar-refractivity contribution is 0.0921. The molecule has 1 N–H and O–H groups in total. The van der Waals surface area contributed by atoms with Crippen LogP contribution in [0, 0.1) is 12.3 Å². The van der Waals surface area contributed by atoms with Crippen molar-refractivity contribution in [2.75, 3.05) is 0 Å². The van der Waals surface area contributed by atoms with Gasteiger partial charge in [-0.15, -0.1) is 0 Å². The first-order chi connectivity index (χ1) is 10.3. The van der Waals surface area contributed by atoms with Crippen LogP contribution in [0.5, 0.6) is 0 Å². The normalized spacial score (nSPS) is 12.7. The Balaban J connectivity index is 2.21. The fraction of sp³-hybridized carbons (Fsp3) is 0.389. The maximum absolute atomic E-state index is 12.5. The first-order valence-corrected chi connectivity index (χ1v) is 7.49. The standard InChI is InChI=1S/C18H23N3O/c1-13-7-5-9-15(20-13)17(22)21-16(11-18(2,3)4)14-8-6-10-19-12-14/h5-10,12,16H,11H2,1-4H3,(H,21,22). The molecule has 0 aliphatic heterocycles. The maximum Gasteiger partial charge on any atom is 0.270 e. The molecule has 0 fully saturated rings. The molecular weight excluding hydrogens is 274 g/mol. The molecule has 0 aliphatic carbocycles. The Kier molecular flexibility index (Phi) is 4.91. The van der Waals surface area contributed by atoms with Crippen molar-refractivity contribution >= 4 is 5.91 Å². The second kappa shape index (κ2) is 6.69. The maximum atomic E-state index is 12.5. The minimum absolute atomic E-state index is 0.0801. The number of nitrogens with one attached hydrogen (secondary N) is 1. The molecule has 116 valence electrons. The lowest BCUT2D eigenvalue weighted by atomic mass is 9.86. The van der Waals surface area contributed by atoms with Gasteiger partial charge in [0, 0.05) is 18.1 Å². The summed E-state index contributed by atoms with van der Waals surface area (Å²) in [5.74, 6) is -0.151. The lowest BCUT2D eigenvalue weighted by Crippen LogP contribution is -2.32. The summed E-state index contributed by atoms with van der Waals surface area (Å²) in [6.45, 7) is 8.36. The molecule has 2 aromatic rings. The van der Waals surface area contributed by atoms with E-state index in [-0.39, 0.29) is 17.4 Å². The number of nitrogens with zero attached hydrogens (tertiary/aromatic N) is 2. The van der Waals surface area contributed by atoms with Crippen molar-refractivity contribution in [3.05, 3.63) is 59.7 Å². The van der Waals surface area contributed by atoms with Gasteiger partial charge in [0.05, 0.1) is 6.04 Å². The molecular formula is C18H23N3O. The topological polar surface area (TPSA) is 54.9 Å². The predicted octanol–water partition coefficient (Wildman–Crippen LogP) is 3.69. The zero-order valence-corrected chi connectivity index (χ0v) is 13.6. The van der Waals surface area contributed by atoms with Crippen LogP contribution in [-0.2, 0) is 0 Å². The molecule has 22 heavy (non-hydrogen) atoms. The van der Waals surface area contributed by atoms with Crippen LogP contribution in [0.2, 0.25) is 0 Å². The van der Waals surface area contributed by atoms with Gasteiger partial charge >= 0.3 is 0 Å². The number of aromatic nitrogens is 2. The van der Waals surface area contributed by atoms with Gasteiger partial charge in [0.2, 0.25) is 0 Å². The monoisotopic (exact) mass is 297 g/mol. The molecule has 2 aromatic heterocycles. The number of amides is 1. The number of aryl methyl sites for hydroxylation is 1. The second-order valence-corrected chi connectivity index (χ2v) is 6.74. The number of pyridine rings is 2. The average molecular weight is 297 g/mol. The van der Waals surface area contributed by atoms with Gasteiger partial charge in [-0.3, -0.25) is 9.78 Å². The fourth-order valence-corrected chi connectivity index (χ4v) is 2.35. The van der Waals surface area contributed by atoms with Crippen LogP contribution in [0.4, 0.5) is 0 Å². The number of hydrogen-bond donors (Lipinski definition) is 1. The van der Waals surface area contributed by atoms with Crippen molar-refractivity contribution in [2.45, 2.75) is 40.2 Å².